The molecule has 0 radical (unpaired) electrons. The first-order chi connectivity index (χ1) is 20.5. The van der Waals surface area contributed by atoms with Gasteiger partial charge in [-0.2, -0.15) is 13.2 Å². The standard InChI is InChI=1S/C29H29Cl2F3N4O5/c30-24-25(31)37(16-36-24)14-21-12-23(19-7-5-18(15-39)6-8-19)43-27(42-21)20-9-3-17(4-10-20)13-35-26(40)22-2-1-11-38(22)28(41)29(32,33)34/h3-10,16,21-23,27,39H,1-2,11-15H2,(H,35,40). The monoisotopic (exact) mass is 640 g/mol. The molecule has 4 atom stereocenters. The van der Waals surface area contributed by atoms with E-state index in [1.807, 2.05) is 24.3 Å². The van der Waals surface area contributed by atoms with Crippen LogP contribution in [0.3, 0.4) is 0 Å². The van der Waals surface area contributed by atoms with Gasteiger partial charge >= 0.3 is 12.1 Å². The average molecular weight is 641 g/mol. The summed E-state index contributed by atoms with van der Waals surface area (Å²) >= 11 is 12.3. The smallest absolute Gasteiger partial charge is 0.392 e. The van der Waals surface area contributed by atoms with Crippen LogP contribution in [0.2, 0.25) is 10.3 Å². The van der Waals surface area contributed by atoms with E-state index in [-0.39, 0.29) is 43.5 Å². The summed E-state index contributed by atoms with van der Waals surface area (Å²) in [7, 11) is 0. The minimum absolute atomic E-state index is 0.0678. The number of amides is 2. The number of aliphatic hydroxyl groups excluding tert-OH is 1. The number of rotatable bonds is 8. The molecule has 0 aliphatic carbocycles. The summed E-state index contributed by atoms with van der Waals surface area (Å²) in [5.74, 6) is -2.63. The van der Waals surface area contributed by atoms with Crippen molar-refractivity contribution in [2.24, 2.45) is 0 Å². The number of nitrogens with one attached hydrogen (secondary N) is 1. The van der Waals surface area contributed by atoms with Crippen LogP contribution < -0.4 is 5.32 Å². The number of carbonyl (C=O) groups is 2. The Bertz CT molecular complexity index is 1440. The highest BCUT2D eigenvalue weighted by molar-refractivity contribution is 6.40. The minimum Gasteiger partial charge on any atom is -0.392 e. The van der Waals surface area contributed by atoms with Crippen LogP contribution in [-0.2, 0) is 38.8 Å². The third-order valence-corrected chi connectivity index (χ3v) is 8.30. The van der Waals surface area contributed by atoms with Gasteiger partial charge in [0.1, 0.15) is 11.2 Å². The molecule has 5 rings (SSSR count). The second-order valence-corrected chi connectivity index (χ2v) is 11.2. The molecule has 2 N–H and O–H groups in total. The molecule has 3 aromatic rings. The van der Waals surface area contributed by atoms with E-state index in [0.717, 1.165) is 11.1 Å². The van der Waals surface area contributed by atoms with E-state index in [2.05, 4.69) is 10.3 Å². The first-order valence-electron chi connectivity index (χ1n) is 13.6. The summed E-state index contributed by atoms with van der Waals surface area (Å²) in [4.78, 5) is 29.0. The molecular weight excluding hydrogens is 612 g/mol. The number of imidazole rings is 1. The van der Waals surface area contributed by atoms with E-state index in [1.54, 1.807) is 28.8 Å². The van der Waals surface area contributed by atoms with Crippen LogP contribution in [-0.4, -0.2) is 56.2 Å². The number of hydrogen-bond donors (Lipinski definition) is 2. The molecule has 0 spiro atoms. The summed E-state index contributed by atoms with van der Waals surface area (Å²) < 4.78 is 53.1. The number of hydrogen-bond acceptors (Lipinski definition) is 6. The molecule has 14 heteroatoms. The Hall–Kier alpha value is -3.16. The van der Waals surface area contributed by atoms with Crippen molar-refractivity contribution < 1.29 is 37.3 Å². The number of halogens is 5. The Morgan fingerprint density at radius 3 is 2.33 bits per heavy atom. The molecule has 2 amide bonds. The fraction of sp³-hybridized carbons (Fsp3) is 0.414. The number of likely N-dealkylation sites (tertiary alicyclic amines) is 1. The second kappa shape index (κ2) is 13.2. The highest BCUT2D eigenvalue weighted by Gasteiger charge is 2.47. The number of aromatic nitrogens is 2. The van der Waals surface area contributed by atoms with Gasteiger partial charge in [-0.1, -0.05) is 71.7 Å². The average Bonchev–Trinajstić information content (AvgIpc) is 3.62. The molecule has 2 aromatic carbocycles. The van der Waals surface area contributed by atoms with Crippen molar-refractivity contribution >= 4 is 35.0 Å². The van der Waals surface area contributed by atoms with Gasteiger partial charge in [-0.25, -0.2) is 4.98 Å². The van der Waals surface area contributed by atoms with E-state index in [4.69, 9.17) is 32.7 Å². The molecule has 2 saturated heterocycles. The van der Waals surface area contributed by atoms with E-state index >= 15 is 0 Å². The van der Waals surface area contributed by atoms with Gasteiger partial charge in [-0.15, -0.1) is 0 Å². The summed E-state index contributed by atoms with van der Waals surface area (Å²) in [6.45, 7) is 0.263. The van der Waals surface area contributed by atoms with Gasteiger partial charge in [-0.3, -0.25) is 9.59 Å². The molecular formula is C29H29Cl2F3N4O5. The third-order valence-electron chi connectivity index (χ3n) is 7.53. The Labute approximate surface area is 255 Å². The molecule has 1 aromatic heterocycles. The fourth-order valence-corrected chi connectivity index (χ4v) is 5.58. The van der Waals surface area contributed by atoms with Crippen molar-refractivity contribution in [3.05, 3.63) is 87.4 Å². The van der Waals surface area contributed by atoms with Crippen LogP contribution >= 0.6 is 23.2 Å². The Kier molecular flexibility index (Phi) is 9.62. The summed E-state index contributed by atoms with van der Waals surface area (Å²) in [6, 6.07) is 13.4. The lowest BCUT2D eigenvalue weighted by atomic mass is 10.00. The number of nitrogens with zero attached hydrogens (tertiary/aromatic N) is 3. The van der Waals surface area contributed by atoms with E-state index < -0.39 is 30.3 Å². The van der Waals surface area contributed by atoms with Gasteiger partial charge in [0.2, 0.25) is 5.91 Å². The first kappa shape index (κ1) is 31.3. The minimum atomic E-state index is -5.03. The van der Waals surface area contributed by atoms with Crippen LogP contribution in [0.25, 0.3) is 0 Å². The van der Waals surface area contributed by atoms with E-state index in [0.29, 0.717) is 40.6 Å². The van der Waals surface area contributed by atoms with E-state index in [1.165, 1.54) is 6.33 Å². The first-order valence-corrected chi connectivity index (χ1v) is 14.4. The Morgan fingerprint density at radius 1 is 1.02 bits per heavy atom. The molecule has 2 fully saturated rings. The van der Waals surface area contributed by atoms with Crippen molar-refractivity contribution in [2.75, 3.05) is 6.54 Å². The van der Waals surface area contributed by atoms with Crippen LogP contribution in [0.4, 0.5) is 13.2 Å². The predicted octanol–water partition coefficient (Wildman–Crippen LogP) is 5.10. The fourth-order valence-electron chi connectivity index (χ4n) is 5.27. The van der Waals surface area contributed by atoms with Gasteiger partial charge in [0.15, 0.2) is 11.4 Å². The number of carbonyl (C=O) groups excluding carboxylic acids is 2. The lowest BCUT2D eigenvalue weighted by Gasteiger charge is -2.36. The highest BCUT2D eigenvalue weighted by atomic mass is 35.5. The molecule has 3 heterocycles. The van der Waals surface area contributed by atoms with Crippen molar-refractivity contribution in [2.45, 2.75) is 69.7 Å². The van der Waals surface area contributed by atoms with Gasteiger partial charge in [0.25, 0.3) is 0 Å². The summed E-state index contributed by atoms with van der Waals surface area (Å²) in [5.41, 5.74) is 3.10. The molecule has 0 saturated carbocycles. The van der Waals surface area contributed by atoms with Gasteiger partial charge in [0.05, 0.1) is 31.7 Å². The molecule has 43 heavy (non-hydrogen) atoms. The predicted molar refractivity (Wildman–Crippen MR) is 150 cm³/mol. The highest BCUT2D eigenvalue weighted by Crippen LogP contribution is 2.39. The molecule has 9 nitrogen and oxygen atoms in total. The molecule has 2 aliphatic rings. The summed E-state index contributed by atoms with van der Waals surface area (Å²) in [5, 5.41) is 12.5. The van der Waals surface area contributed by atoms with Crippen LogP contribution in [0.5, 0.6) is 0 Å². The maximum Gasteiger partial charge on any atom is 0.471 e. The zero-order valence-electron chi connectivity index (χ0n) is 22.8. The lowest BCUT2D eigenvalue weighted by molar-refractivity contribution is -0.252. The van der Waals surface area contributed by atoms with Crippen LogP contribution in [0.15, 0.2) is 54.9 Å². The second-order valence-electron chi connectivity index (χ2n) is 10.4. The van der Waals surface area contributed by atoms with Crippen LogP contribution in [0, 0.1) is 0 Å². The number of ether oxygens (including phenoxy) is 2. The lowest BCUT2D eigenvalue weighted by Crippen LogP contribution is -2.50. The Balaban J connectivity index is 1.26. The zero-order chi connectivity index (χ0) is 30.7. The van der Waals surface area contributed by atoms with Crippen molar-refractivity contribution in [3.63, 3.8) is 0 Å². The topological polar surface area (TPSA) is 106 Å². The third kappa shape index (κ3) is 7.32. The zero-order valence-corrected chi connectivity index (χ0v) is 24.3. The maximum absolute atomic E-state index is 12.9. The molecule has 2 aliphatic heterocycles. The van der Waals surface area contributed by atoms with Crippen molar-refractivity contribution in [1.29, 1.82) is 0 Å². The van der Waals surface area contributed by atoms with Crippen molar-refractivity contribution in [1.82, 2.24) is 19.8 Å². The van der Waals surface area contributed by atoms with Crippen LogP contribution in [0.1, 0.15) is 53.9 Å². The number of alkyl halides is 3. The van der Waals surface area contributed by atoms with E-state index in [9.17, 15) is 27.9 Å². The maximum atomic E-state index is 12.9. The molecule has 230 valence electrons. The van der Waals surface area contributed by atoms with Gasteiger partial charge in [-0.05, 0) is 29.5 Å². The largest absolute Gasteiger partial charge is 0.471 e. The van der Waals surface area contributed by atoms with Gasteiger partial charge in [0, 0.05) is 25.1 Å². The molecule has 0 bridgehead atoms. The van der Waals surface area contributed by atoms with Gasteiger partial charge < -0.3 is 29.4 Å². The number of benzene rings is 2. The normalized spacial score (nSPS) is 22.5. The summed E-state index contributed by atoms with van der Waals surface area (Å²) in [6.07, 6.45) is -3.88. The quantitative estimate of drug-likeness (QED) is 0.355. The molecule has 4 unspecified atom stereocenters. The Morgan fingerprint density at radius 2 is 1.70 bits per heavy atom. The van der Waals surface area contributed by atoms with Crippen molar-refractivity contribution in [3.8, 4) is 0 Å². The SMILES string of the molecule is O=C(NCc1ccc(C2OC(Cn3cnc(Cl)c3Cl)CC(c3ccc(CO)cc3)O2)cc1)C1CCCN1C(=O)C(F)(F)F. The number of aliphatic hydroxyl groups is 1.